The van der Waals surface area contributed by atoms with E-state index in [2.05, 4.69) is 10.5 Å². The number of nitrogens with zero attached hydrogens (tertiary/aromatic N) is 2. The predicted molar refractivity (Wildman–Crippen MR) is 89.9 cm³/mol. The van der Waals surface area contributed by atoms with Crippen LogP contribution in [0.5, 0.6) is 0 Å². The van der Waals surface area contributed by atoms with Crippen LogP contribution in [0.4, 0.5) is 4.39 Å². The van der Waals surface area contributed by atoms with Gasteiger partial charge in [0.15, 0.2) is 0 Å². The molecule has 0 saturated heterocycles. The minimum Gasteiger partial charge on any atom is -0.318 e. The molecule has 116 valence electrons. The van der Waals surface area contributed by atoms with Gasteiger partial charge in [0, 0.05) is 13.1 Å². The number of nitrogens with one attached hydrogen (secondary N) is 1. The molecule has 0 aliphatic heterocycles. The van der Waals surface area contributed by atoms with Crippen LogP contribution in [0, 0.1) is 5.82 Å². The van der Waals surface area contributed by atoms with E-state index < -0.39 is 0 Å². The number of para-hydroxylation sites is 1. The lowest BCUT2D eigenvalue weighted by atomic mass is 10.2. The first-order valence-corrected chi connectivity index (χ1v) is 7.77. The minimum atomic E-state index is -0.369. The van der Waals surface area contributed by atoms with Gasteiger partial charge >= 0.3 is 0 Å². The van der Waals surface area contributed by atoms with Crippen molar-refractivity contribution in [2.45, 2.75) is 0 Å². The number of hydrogen-bond acceptors (Lipinski definition) is 3. The molecular formula is C17H14FN3OS. The summed E-state index contributed by atoms with van der Waals surface area (Å²) < 4.78 is 16.1. The zero-order chi connectivity index (χ0) is 16.2. The van der Waals surface area contributed by atoms with Crippen molar-refractivity contribution >= 4 is 33.5 Å². The second-order valence-corrected chi connectivity index (χ2v) is 5.90. The highest BCUT2D eigenvalue weighted by Crippen LogP contribution is 2.14. The number of halogens is 1. The average Bonchev–Trinajstić information content (AvgIpc) is 2.88. The van der Waals surface area contributed by atoms with Crippen LogP contribution in [0.2, 0.25) is 0 Å². The summed E-state index contributed by atoms with van der Waals surface area (Å²) in [5, 5.41) is 4.13. The molecule has 0 atom stereocenters. The maximum absolute atomic E-state index is 13.1. The summed E-state index contributed by atoms with van der Waals surface area (Å²) >= 11 is 1.49. The quantitative estimate of drug-likeness (QED) is 0.583. The van der Waals surface area contributed by atoms with E-state index in [0.29, 0.717) is 10.4 Å². The molecule has 1 aromatic heterocycles. The minimum absolute atomic E-state index is 0.338. The van der Waals surface area contributed by atoms with Crippen molar-refractivity contribution in [3.63, 3.8) is 0 Å². The molecule has 3 rings (SSSR count). The Kier molecular flexibility index (Phi) is 4.34. The number of benzene rings is 2. The number of aryl methyl sites for hydroxylation is 1. The van der Waals surface area contributed by atoms with Crippen LogP contribution >= 0.6 is 11.3 Å². The van der Waals surface area contributed by atoms with Gasteiger partial charge in [0.1, 0.15) is 5.82 Å². The SMILES string of the molecule is Cn1/c(=N\NC(=O)/C=C/c2cccc(F)c2)sc2ccccc21. The Hall–Kier alpha value is -2.73. The second-order valence-electron chi connectivity index (χ2n) is 4.89. The van der Waals surface area contributed by atoms with Crippen LogP contribution < -0.4 is 10.2 Å². The topological polar surface area (TPSA) is 46.4 Å². The number of amides is 1. The lowest BCUT2D eigenvalue weighted by Gasteiger charge is -1.96. The van der Waals surface area contributed by atoms with Crippen molar-refractivity contribution in [1.82, 2.24) is 9.99 Å². The molecule has 23 heavy (non-hydrogen) atoms. The molecule has 0 spiro atoms. The highest BCUT2D eigenvalue weighted by molar-refractivity contribution is 7.16. The molecule has 1 heterocycles. The Morgan fingerprint density at radius 2 is 2.09 bits per heavy atom. The molecule has 2 aromatic carbocycles. The maximum atomic E-state index is 13.1. The van der Waals surface area contributed by atoms with Crippen LogP contribution in [-0.4, -0.2) is 10.5 Å². The maximum Gasteiger partial charge on any atom is 0.264 e. The van der Waals surface area contributed by atoms with Gasteiger partial charge in [-0.15, -0.1) is 5.10 Å². The Bertz CT molecular complexity index is 956. The van der Waals surface area contributed by atoms with E-state index in [9.17, 15) is 9.18 Å². The van der Waals surface area contributed by atoms with E-state index in [-0.39, 0.29) is 11.7 Å². The molecule has 0 unspecified atom stereocenters. The first-order chi connectivity index (χ1) is 11.1. The number of fused-ring (bicyclic) bond motifs is 1. The van der Waals surface area contributed by atoms with Gasteiger partial charge in [-0.1, -0.05) is 35.6 Å². The van der Waals surface area contributed by atoms with Crippen LogP contribution in [0.15, 0.2) is 59.7 Å². The van der Waals surface area contributed by atoms with E-state index in [4.69, 9.17) is 0 Å². The monoisotopic (exact) mass is 327 g/mol. The summed E-state index contributed by atoms with van der Waals surface area (Å²) in [7, 11) is 1.90. The predicted octanol–water partition coefficient (Wildman–Crippen LogP) is 3.02. The molecule has 4 nitrogen and oxygen atoms in total. The van der Waals surface area contributed by atoms with Gasteiger partial charge in [-0.25, -0.2) is 9.82 Å². The van der Waals surface area contributed by atoms with E-state index in [1.165, 1.54) is 29.5 Å². The van der Waals surface area contributed by atoms with Crippen LogP contribution in [-0.2, 0) is 11.8 Å². The molecule has 0 fully saturated rings. The average molecular weight is 327 g/mol. The highest BCUT2D eigenvalue weighted by atomic mass is 32.1. The molecule has 0 radical (unpaired) electrons. The normalized spacial score (nSPS) is 12.2. The van der Waals surface area contributed by atoms with Gasteiger partial charge in [0.25, 0.3) is 5.91 Å². The summed E-state index contributed by atoms with van der Waals surface area (Å²) in [6, 6.07) is 13.9. The lowest BCUT2D eigenvalue weighted by Crippen LogP contribution is -2.21. The fourth-order valence-corrected chi connectivity index (χ4v) is 3.09. The third kappa shape index (κ3) is 3.54. The first kappa shape index (κ1) is 15.2. The summed E-state index contributed by atoms with van der Waals surface area (Å²) in [5.74, 6) is -0.707. The summed E-state index contributed by atoms with van der Waals surface area (Å²) in [6.07, 6.45) is 2.87. The van der Waals surface area contributed by atoms with E-state index in [0.717, 1.165) is 10.2 Å². The number of rotatable bonds is 3. The molecule has 0 saturated carbocycles. The summed E-state index contributed by atoms with van der Waals surface area (Å²) in [4.78, 5) is 12.5. The van der Waals surface area contributed by atoms with Crippen LogP contribution in [0.25, 0.3) is 16.3 Å². The fraction of sp³-hybridized carbons (Fsp3) is 0.0588. The van der Waals surface area contributed by atoms with Crippen molar-refractivity contribution in [3.8, 4) is 0 Å². The van der Waals surface area contributed by atoms with Crippen LogP contribution in [0.1, 0.15) is 5.56 Å². The lowest BCUT2D eigenvalue weighted by molar-refractivity contribution is -0.116. The number of aromatic nitrogens is 1. The van der Waals surface area contributed by atoms with Crippen LogP contribution in [0.3, 0.4) is 0 Å². The molecule has 1 N–H and O–H groups in total. The second kappa shape index (κ2) is 6.58. The molecule has 6 heteroatoms. The van der Waals surface area contributed by atoms with Gasteiger partial charge in [0.05, 0.1) is 10.2 Å². The summed E-state index contributed by atoms with van der Waals surface area (Å²) in [5.41, 5.74) is 4.16. The molecular weight excluding hydrogens is 313 g/mol. The Morgan fingerprint density at radius 3 is 2.87 bits per heavy atom. The largest absolute Gasteiger partial charge is 0.318 e. The van der Waals surface area contributed by atoms with Crippen molar-refractivity contribution < 1.29 is 9.18 Å². The molecule has 3 aromatic rings. The van der Waals surface area contributed by atoms with E-state index in [1.807, 2.05) is 35.9 Å². The van der Waals surface area contributed by atoms with Crippen molar-refractivity contribution in [2.75, 3.05) is 0 Å². The third-order valence-electron chi connectivity index (χ3n) is 3.25. The number of hydrogen-bond donors (Lipinski definition) is 1. The van der Waals surface area contributed by atoms with Crippen molar-refractivity contribution in [1.29, 1.82) is 0 Å². The summed E-state index contributed by atoms with van der Waals surface area (Å²) in [6.45, 7) is 0. The van der Waals surface area contributed by atoms with Gasteiger partial charge in [-0.2, -0.15) is 0 Å². The fourth-order valence-electron chi connectivity index (χ4n) is 2.11. The van der Waals surface area contributed by atoms with E-state index >= 15 is 0 Å². The Labute approximate surface area is 136 Å². The molecule has 0 aliphatic carbocycles. The van der Waals surface area contributed by atoms with Gasteiger partial charge in [-0.3, -0.25) is 4.79 Å². The standard InChI is InChI=1S/C17H14FN3OS/c1-21-14-7-2-3-8-15(14)23-17(21)20-19-16(22)10-9-12-5-4-6-13(18)11-12/h2-11H,1H3,(H,19,22)/b10-9+,20-17+. The zero-order valence-corrected chi connectivity index (χ0v) is 13.2. The van der Waals surface area contributed by atoms with Gasteiger partial charge in [0.2, 0.25) is 4.80 Å². The molecule has 0 bridgehead atoms. The Balaban J connectivity index is 1.76. The van der Waals surface area contributed by atoms with Gasteiger partial charge < -0.3 is 4.57 Å². The first-order valence-electron chi connectivity index (χ1n) is 6.95. The zero-order valence-electron chi connectivity index (χ0n) is 12.4. The van der Waals surface area contributed by atoms with Gasteiger partial charge in [-0.05, 0) is 35.9 Å². The third-order valence-corrected chi connectivity index (χ3v) is 4.37. The van der Waals surface area contributed by atoms with Crippen molar-refractivity contribution in [2.24, 2.45) is 12.1 Å². The van der Waals surface area contributed by atoms with E-state index in [1.54, 1.807) is 18.2 Å². The number of carbonyl (C=O) groups is 1. The molecule has 1 amide bonds. The van der Waals surface area contributed by atoms with Crippen molar-refractivity contribution in [3.05, 3.63) is 70.8 Å². The smallest absolute Gasteiger partial charge is 0.264 e. The highest BCUT2D eigenvalue weighted by Gasteiger charge is 2.01. The number of thiazole rings is 1. The Morgan fingerprint density at radius 1 is 1.26 bits per heavy atom. The number of carbonyl (C=O) groups excluding carboxylic acids is 1. The molecule has 0 aliphatic rings.